The molecule has 1 aliphatic carbocycles. The van der Waals surface area contributed by atoms with E-state index in [4.69, 9.17) is 11.2 Å². The fraction of sp³-hybridized carbons (Fsp3) is 0.500. The maximum atomic E-state index is 5.81. The smallest absolute Gasteiger partial charge is 0.115 e. The van der Waals surface area contributed by atoms with Crippen LogP contribution in [-0.2, 0) is 10.3 Å². The Kier molecular flexibility index (Phi) is 2.98. The summed E-state index contributed by atoms with van der Waals surface area (Å²) in [6.07, 6.45) is 14.8. The van der Waals surface area contributed by atoms with Crippen molar-refractivity contribution >= 4 is 0 Å². The molecular weight excluding hydrogens is 188 g/mol. The quantitative estimate of drug-likeness (QED) is 0.702. The standard InChI is InChI=1S/C12H14N2O/c1-2-7-15-12(5-3-4-6-12)11-8-13-10-14-9-11/h1,8-10H,3-7H2. The van der Waals surface area contributed by atoms with Crippen LogP contribution in [0.25, 0.3) is 0 Å². The van der Waals surface area contributed by atoms with Gasteiger partial charge in [0.2, 0.25) is 0 Å². The van der Waals surface area contributed by atoms with Crippen LogP contribution in [0.4, 0.5) is 0 Å². The van der Waals surface area contributed by atoms with Gasteiger partial charge in [0.15, 0.2) is 0 Å². The van der Waals surface area contributed by atoms with Crippen molar-refractivity contribution in [1.29, 1.82) is 0 Å². The lowest BCUT2D eigenvalue weighted by atomic mass is 9.94. The molecule has 0 saturated heterocycles. The molecule has 0 bridgehead atoms. The average Bonchev–Trinajstić information content (AvgIpc) is 2.78. The summed E-state index contributed by atoms with van der Waals surface area (Å²) in [6, 6.07) is 0. The van der Waals surface area contributed by atoms with Crippen molar-refractivity contribution in [2.24, 2.45) is 0 Å². The zero-order valence-corrected chi connectivity index (χ0v) is 8.65. The van der Waals surface area contributed by atoms with Crippen LogP contribution in [0.5, 0.6) is 0 Å². The van der Waals surface area contributed by atoms with E-state index >= 15 is 0 Å². The van der Waals surface area contributed by atoms with Gasteiger partial charge in [-0.05, 0) is 12.8 Å². The topological polar surface area (TPSA) is 35.0 Å². The van der Waals surface area contributed by atoms with Crippen molar-refractivity contribution in [2.75, 3.05) is 6.61 Å². The zero-order valence-electron chi connectivity index (χ0n) is 8.65. The first-order valence-corrected chi connectivity index (χ1v) is 5.20. The summed E-state index contributed by atoms with van der Waals surface area (Å²) in [4.78, 5) is 8.08. The lowest BCUT2D eigenvalue weighted by Gasteiger charge is -2.28. The Bertz CT molecular complexity index is 350. The van der Waals surface area contributed by atoms with Crippen LogP contribution in [0.3, 0.4) is 0 Å². The minimum absolute atomic E-state index is 0.229. The predicted molar refractivity (Wildman–Crippen MR) is 57.0 cm³/mol. The summed E-state index contributed by atoms with van der Waals surface area (Å²) in [5.41, 5.74) is 0.825. The number of terminal acetylenes is 1. The summed E-state index contributed by atoms with van der Waals surface area (Å²) < 4.78 is 5.81. The molecule has 0 atom stereocenters. The highest BCUT2D eigenvalue weighted by Gasteiger charge is 2.36. The maximum Gasteiger partial charge on any atom is 0.115 e. The van der Waals surface area contributed by atoms with Crippen LogP contribution in [0.1, 0.15) is 31.2 Å². The van der Waals surface area contributed by atoms with Crippen LogP contribution >= 0.6 is 0 Å². The highest BCUT2D eigenvalue weighted by atomic mass is 16.5. The van der Waals surface area contributed by atoms with E-state index in [9.17, 15) is 0 Å². The van der Waals surface area contributed by atoms with Crippen LogP contribution < -0.4 is 0 Å². The zero-order chi connectivity index (χ0) is 10.6. The monoisotopic (exact) mass is 202 g/mol. The van der Waals surface area contributed by atoms with E-state index in [2.05, 4.69) is 15.9 Å². The third-order valence-electron chi connectivity index (χ3n) is 2.93. The summed E-state index contributed by atoms with van der Waals surface area (Å²) >= 11 is 0. The fourth-order valence-corrected chi connectivity index (χ4v) is 2.18. The first-order valence-electron chi connectivity index (χ1n) is 5.20. The summed E-state index contributed by atoms with van der Waals surface area (Å²) in [7, 11) is 0. The largest absolute Gasteiger partial charge is 0.358 e. The fourth-order valence-electron chi connectivity index (χ4n) is 2.18. The van der Waals surface area contributed by atoms with Gasteiger partial charge in [0.1, 0.15) is 12.9 Å². The molecule has 1 aromatic heterocycles. The Balaban J connectivity index is 2.23. The number of hydrogen-bond acceptors (Lipinski definition) is 3. The molecule has 0 N–H and O–H groups in total. The van der Waals surface area contributed by atoms with E-state index in [1.54, 1.807) is 0 Å². The van der Waals surface area contributed by atoms with E-state index in [-0.39, 0.29) is 5.60 Å². The molecular formula is C12H14N2O. The molecule has 0 aliphatic heterocycles. The number of nitrogens with zero attached hydrogens (tertiary/aromatic N) is 2. The van der Waals surface area contributed by atoms with Crippen molar-refractivity contribution in [2.45, 2.75) is 31.3 Å². The van der Waals surface area contributed by atoms with Crippen molar-refractivity contribution in [3.8, 4) is 12.3 Å². The van der Waals surface area contributed by atoms with Crippen molar-refractivity contribution in [3.63, 3.8) is 0 Å². The van der Waals surface area contributed by atoms with Gasteiger partial charge in [-0.1, -0.05) is 18.8 Å². The van der Waals surface area contributed by atoms with E-state index in [1.807, 2.05) is 12.4 Å². The van der Waals surface area contributed by atoms with Gasteiger partial charge in [0.25, 0.3) is 0 Å². The minimum atomic E-state index is -0.229. The third kappa shape index (κ3) is 2.00. The molecule has 3 nitrogen and oxygen atoms in total. The molecule has 78 valence electrons. The Morgan fingerprint density at radius 2 is 2.00 bits per heavy atom. The van der Waals surface area contributed by atoms with Gasteiger partial charge in [-0.3, -0.25) is 0 Å². The molecule has 0 aromatic carbocycles. The van der Waals surface area contributed by atoms with E-state index in [0.717, 1.165) is 18.4 Å². The second kappa shape index (κ2) is 4.41. The Morgan fingerprint density at radius 3 is 2.60 bits per heavy atom. The number of aromatic nitrogens is 2. The lowest BCUT2D eigenvalue weighted by molar-refractivity contribution is -0.0283. The minimum Gasteiger partial charge on any atom is -0.358 e. The molecule has 0 radical (unpaired) electrons. The second-order valence-corrected chi connectivity index (χ2v) is 3.82. The Hall–Kier alpha value is -1.40. The van der Waals surface area contributed by atoms with Gasteiger partial charge < -0.3 is 4.74 Å². The first-order chi connectivity index (χ1) is 7.37. The Labute approximate surface area is 89.9 Å². The van der Waals surface area contributed by atoms with Gasteiger partial charge in [0, 0.05) is 18.0 Å². The van der Waals surface area contributed by atoms with Crippen LogP contribution in [0, 0.1) is 12.3 Å². The first kappa shape index (κ1) is 10.1. The lowest BCUT2D eigenvalue weighted by Crippen LogP contribution is -2.26. The normalized spacial score (nSPS) is 18.6. The molecule has 1 heterocycles. The van der Waals surface area contributed by atoms with Gasteiger partial charge in [-0.15, -0.1) is 6.42 Å². The van der Waals surface area contributed by atoms with E-state index < -0.39 is 0 Å². The van der Waals surface area contributed by atoms with E-state index in [1.165, 1.54) is 19.2 Å². The molecule has 1 aliphatic rings. The number of rotatable bonds is 3. The van der Waals surface area contributed by atoms with Gasteiger partial charge >= 0.3 is 0 Å². The van der Waals surface area contributed by atoms with Crippen molar-refractivity contribution in [1.82, 2.24) is 9.97 Å². The van der Waals surface area contributed by atoms with Gasteiger partial charge in [0.05, 0.1) is 5.60 Å². The number of ether oxygens (including phenoxy) is 1. The second-order valence-electron chi connectivity index (χ2n) is 3.82. The summed E-state index contributed by atoms with van der Waals surface area (Å²) in [6.45, 7) is 0.356. The average molecular weight is 202 g/mol. The summed E-state index contributed by atoms with van der Waals surface area (Å²) in [5.74, 6) is 2.53. The van der Waals surface area contributed by atoms with Crippen molar-refractivity contribution in [3.05, 3.63) is 24.3 Å². The van der Waals surface area contributed by atoms with Crippen LogP contribution in [0.15, 0.2) is 18.7 Å². The van der Waals surface area contributed by atoms with Gasteiger partial charge in [-0.2, -0.15) is 0 Å². The maximum absolute atomic E-state index is 5.81. The molecule has 1 fully saturated rings. The highest BCUT2D eigenvalue weighted by molar-refractivity contribution is 5.16. The van der Waals surface area contributed by atoms with Crippen molar-refractivity contribution < 1.29 is 4.74 Å². The highest BCUT2D eigenvalue weighted by Crippen LogP contribution is 2.41. The van der Waals surface area contributed by atoms with Gasteiger partial charge in [-0.25, -0.2) is 9.97 Å². The summed E-state index contributed by atoms with van der Waals surface area (Å²) in [5, 5.41) is 0. The third-order valence-corrected chi connectivity index (χ3v) is 2.93. The molecule has 3 heteroatoms. The number of hydrogen-bond donors (Lipinski definition) is 0. The molecule has 1 saturated carbocycles. The molecule has 0 amide bonds. The molecule has 0 spiro atoms. The molecule has 0 unspecified atom stereocenters. The SMILES string of the molecule is C#CCOC1(c2cncnc2)CCCC1. The molecule has 1 aromatic rings. The van der Waals surface area contributed by atoms with Crippen LogP contribution in [-0.4, -0.2) is 16.6 Å². The Morgan fingerprint density at radius 1 is 1.33 bits per heavy atom. The van der Waals surface area contributed by atoms with Crippen LogP contribution in [0.2, 0.25) is 0 Å². The molecule has 15 heavy (non-hydrogen) atoms. The van der Waals surface area contributed by atoms with E-state index in [0.29, 0.717) is 6.61 Å². The predicted octanol–water partition coefficient (Wildman–Crippen LogP) is 1.90. The molecule has 2 rings (SSSR count).